The Kier molecular flexibility index (Phi) is 4.41. The SMILES string of the molecule is O=C(CC1(c2ccccc2)CCN(C(=O)O)CC1)Nc1nn[nH]n1. The minimum absolute atomic E-state index is 0.131. The Balaban J connectivity index is 1.78. The molecule has 1 aromatic carbocycles. The van der Waals surface area contributed by atoms with Crippen LogP contribution in [0.1, 0.15) is 24.8 Å². The number of anilines is 1. The van der Waals surface area contributed by atoms with Crippen molar-refractivity contribution in [1.29, 1.82) is 0 Å². The lowest BCUT2D eigenvalue weighted by Crippen LogP contribution is -2.46. The van der Waals surface area contributed by atoms with Gasteiger partial charge in [-0.15, -0.1) is 5.10 Å². The van der Waals surface area contributed by atoms with Crippen LogP contribution in [0.15, 0.2) is 30.3 Å². The lowest BCUT2D eigenvalue weighted by molar-refractivity contribution is -0.117. The number of nitrogens with zero attached hydrogens (tertiary/aromatic N) is 4. The second-order valence-corrected chi connectivity index (χ2v) is 5.88. The molecule has 0 aliphatic carbocycles. The van der Waals surface area contributed by atoms with Crippen molar-refractivity contribution in [2.24, 2.45) is 0 Å². The fraction of sp³-hybridized carbons (Fsp3) is 0.400. The number of carbonyl (C=O) groups excluding carboxylic acids is 1. The highest BCUT2D eigenvalue weighted by atomic mass is 16.4. The summed E-state index contributed by atoms with van der Waals surface area (Å²) in [4.78, 5) is 25.0. The molecule has 3 rings (SSSR count). The standard InChI is InChI=1S/C15H18N6O3/c22-12(16-13-17-19-20-18-13)10-15(11-4-2-1-3-5-11)6-8-21(9-7-15)14(23)24/h1-5H,6-10H2,(H,23,24)(H2,16,17,18,19,20,22). The molecule has 0 unspecified atom stereocenters. The molecular formula is C15H18N6O3. The number of amides is 2. The molecule has 3 N–H and O–H groups in total. The Labute approximate surface area is 138 Å². The fourth-order valence-electron chi connectivity index (χ4n) is 3.18. The van der Waals surface area contributed by atoms with Crippen molar-refractivity contribution in [3.8, 4) is 0 Å². The minimum atomic E-state index is -0.923. The molecule has 24 heavy (non-hydrogen) atoms. The van der Waals surface area contributed by atoms with Crippen LogP contribution >= 0.6 is 0 Å². The smallest absolute Gasteiger partial charge is 0.407 e. The van der Waals surface area contributed by atoms with Gasteiger partial charge in [0.1, 0.15) is 0 Å². The number of benzene rings is 1. The van der Waals surface area contributed by atoms with E-state index in [1.807, 2.05) is 30.3 Å². The molecule has 1 fully saturated rings. The lowest BCUT2D eigenvalue weighted by Gasteiger charge is -2.41. The summed E-state index contributed by atoms with van der Waals surface area (Å²) in [5.41, 5.74) is 0.638. The number of piperidine rings is 1. The summed E-state index contributed by atoms with van der Waals surface area (Å²) >= 11 is 0. The number of nitrogens with one attached hydrogen (secondary N) is 2. The predicted molar refractivity (Wildman–Crippen MR) is 84.4 cm³/mol. The monoisotopic (exact) mass is 330 g/mol. The van der Waals surface area contributed by atoms with E-state index in [-0.39, 0.29) is 18.3 Å². The minimum Gasteiger partial charge on any atom is -0.465 e. The van der Waals surface area contributed by atoms with Crippen molar-refractivity contribution >= 4 is 17.9 Å². The predicted octanol–water partition coefficient (Wildman–Crippen LogP) is 1.24. The highest BCUT2D eigenvalue weighted by Crippen LogP contribution is 2.38. The van der Waals surface area contributed by atoms with Crippen LogP contribution in [-0.4, -0.2) is 55.7 Å². The van der Waals surface area contributed by atoms with Gasteiger partial charge in [0.2, 0.25) is 5.91 Å². The summed E-state index contributed by atoms with van der Waals surface area (Å²) in [6.07, 6.45) is 0.484. The number of aromatic nitrogens is 4. The number of carbonyl (C=O) groups is 2. The van der Waals surface area contributed by atoms with E-state index < -0.39 is 11.5 Å². The van der Waals surface area contributed by atoms with Crippen LogP contribution < -0.4 is 5.32 Å². The highest BCUT2D eigenvalue weighted by molar-refractivity contribution is 5.89. The molecule has 126 valence electrons. The molecule has 0 spiro atoms. The Hall–Kier alpha value is -2.97. The molecule has 1 aliphatic heterocycles. The second-order valence-electron chi connectivity index (χ2n) is 5.88. The maximum Gasteiger partial charge on any atom is 0.407 e. The molecule has 2 aromatic rings. The van der Waals surface area contributed by atoms with E-state index in [2.05, 4.69) is 25.9 Å². The number of H-pyrrole nitrogens is 1. The highest BCUT2D eigenvalue weighted by Gasteiger charge is 2.39. The Bertz CT molecular complexity index is 695. The summed E-state index contributed by atoms with van der Waals surface area (Å²) in [6, 6.07) is 9.74. The quantitative estimate of drug-likeness (QED) is 0.775. The normalized spacial score (nSPS) is 16.6. The van der Waals surface area contributed by atoms with Crippen molar-refractivity contribution in [2.75, 3.05) is 18.4 Å². The Morgan fingerprint density at radius 1 is 1.25 bits per heavy atom. The molecule has 9 nitrogen and oxygen atoms in total. The van der Waals surface area contributed by atoms with Crippen LogP contribution in [-0.2, 0) is 10.2 Å². The van der Waals surface area contributed by atoms with E-state index in [9.17, 15) is 9.59 Å². The third-order valence-electron chi connectivity index (χ3n) is 4.47. The molecular weight excluding hydrogens is 312 g/mol. The molecule has 2 heterocycles. The summed E-state index contributed by atoms with van der Waals surface area (Å²) in [7, 11) is 0. The molecule has 1 saturated heterocycles. The summed E-state index contributed by atoms with van der Waals surface area (Å²) in [5, 5.41) is 24.9. The molecule has 1 aromatic heterocycles. The van der Waals surface area contributed by atoms with Gasteiger partial charge >= 0.3 is 6.09 Å². The third-order valence-corrected chi connectivity index (χ3v) is 4.47. The second kappa shape index (κ2) is 6.65. The van der Waals surface area contributed by atoms with Gasteiger partial charge in [0.25, 0.3) is 5.95 Å². The first-order valence-electron chi connectivity index (χ1n) is 7.66. The van der Waals surface area contributed by atoms with Gasteiger partial charge in [-0.3, -0.25) is 10.1 Å². The Morgan fingerprint density at radius 2 is 1.96 bits per heavy atom. The van der Waals surface area contributed by atoms with Gasteiger partial charge in [0.05, 0.1) is 0 Å². The Morgan fingerprint density at radius 3 is 2.54 bits per heavy atom. The van der Waals surface area contributed by atoms with Crippen molar-refractivity contribution < 1.29 is 14.7 Å². The fourth-order valence-corrected chi connectivity index (χ4v) is 3.18. The zero-order chi connectivity index (χ0) is 17.0. The van der Waals surface area contributed by atoms with Gasteiger partial charge in [-0.2, -0.15) is 5.21 Å². The van der Waals surface area contributed by atoms with Crippen molar-refractivity contribution in [3.63, 3.8) is 0 Å². The van der Waals surface area contributed by atoms with Gasteiger partial charge in [-0.1, -0.05) is 35.4 Å². The van der Waals surface area contributed by atoms with Crippen LogP contribution in [0.4, 0.5) is 10.7 Å². The van der Waals surface area contributed by atoms with Gasteiger partial charge in [0, 0.05) is 24.9 Å². The van der Waals surface area contributed by atoms with Crippen LogP contribution in [0.5, 0.6) is 0 Å². The van der Waals surface area contributed by atoms with Crippen molar-refractivity contribution in [1.82, 2.24) is 25.5 Å². The number of aromatic amines is 1. The van der Waals surface area contributed by atoms with Gasteiger partial charge in [0.15, 0.2) is 0 Å². The third kappa shape index (κ3) is 3.34. The topological polar surface area (TPSA) is 124 Å². The largest absolute Gasteiger partial charge is 0.465 e. The van der Waals surface area contributed by atoms with E-state index in [4.69, 9.17) is 5.11 Å². The van der Waals surface area contributed by atoms with E-state index in [0.717, 1.165) is 5.56 Å². The van der Waals surface area contributed by atoms with Gasteiger partial charge in [-0.05, 0) is 23.6 Å². The summed E-state index contributed by atoms with van der Waals surface area (Å²) in [5.74, 6) is -0.0878. The molecule has 0 atom stereocenters. The first kappa shape index (κ1) is 15.9. The van der Waals surface area contributed by atoms with Gasteiger partial charge < -0.3 is 10.0 Å². The summed E-state index contributed by atoms with van der Waals surface area (Å²) in [6.45, 7) is 0.805. The number of likely N-dealkylation sites (tertiary alicyclic amines) is 1. The van der Waals surface area contributed by atoms with E-state index in [1.165, 1.54) is 4.90 Å². The number of rotatable bonds is 4. The van der Waals surface area contributed by atoms with Crippen LogP contribution in [0.3, 0.4) is 0 Å². The molecule has 9 heteroatoms. The van der Waals surface area contributed by atoms with Crippen molar-refractivity contribution in [2.45, 2.75) is 24.7 Å². The molecule has 2 amide bonds. The van der Waals surface area contributed by atoms with Crippen LogP contribution in [0.25, 0.3) is 0 Å². The zero-order valence-electron chi connectivity index (χ0n) is 13.0. The number of tetrazole rings is 1. The average molecular weight is 330 g/mol. The van der Waals surface area contributed by atoms with Crippen LogP contribution in [0, 0.1) is 0 Å². The first-order valence-corrected chi connectivity index (χ1v) is 7.66. The van der Waals surface area contributed by atoms with Crippen LogP contribution in [0.2, 0.25) is 0 Å². The maximum absolute atomic E-state index is 12.4. The van der Waals surface area contributed by atoms with E-state index >= 15 is 0 Å². The summed E-state index contributed by atoms with van der Waals surface area (Å²) < 4.78 is 0. The number of carboxylic acid groups (broad SMARTS) is 1. The molecule has 0 radical (unpaired) electrons. The van der Waals surface area contributed by atoms with Gasteiger partial charge in [-0.25, -0.2) is 4.79 Å². The molecule has 0 saturated carbocycles. The number of hydrogen-bond donors (Lipinski definition) is 3. The number of hydrogen-bond acceptors (Lipinski definition) is 5. The lowest BCUT2D eigenvalue weighted by atomic mass is 9.70. The van der Waals surface area contributed by atoms with Crippen molar-refractivity contribution in [3.05, 3.63) is 35.9 Å². The first-order chi connectivity index (χ1) is 11.6. The molecule has 0 bridgehead atoms. The zero-order valence-corrected chi connectivity index (χ0v) is 13.0. The van der Waals surface area contributed by atoms with E-state index in [0.29, 0.717) is 25.9 Å². The average Bonchev–Trinajstić information content (AvgIpc) is 3.09. The van der Waals surface area contributed by atoms with E-state index in [1.54, 1.807) is 0 Å². The molecule has 1 aliphatic rings. The maximum atomic E-state index is 12.4.